The van der Waals surface area contributed by atoms with Crippen molar-refractivity contribution in [1.82, 2.24) is 10.2 Å². The van der Waals surface area contributed by atoms with Gasteiger partial charge in [-0.25, -0.2) is 0 Å². The maximum atomic E-state index is 12.7. The largest absolute Gasteiger partial charge is 0.493 e. The normalized spacial score (nSPS) is 14.7. The molecular weight excluding hydrogens is 430 g/mol. The molecule has 0 saturated carbocycles. The molecule has 2 aromatic rings. The van der Waals surface area contributed by atoms with Gasteiger partial charge in [-0.2, -0.15) is 0 Å². The second-order valence-electron chi connectivity index (χ2n) is 6.63. The van der Waals surface area contributed by atoms with Gasteiger partial charge in [-0.1, -0.05) is 30.3 Å². The third-order valence-electron chi connectivity index (χ3n) is 4.41. The summed E-state index contributed by atoms with van der Waals surface area (Å²) in [5.74, 6) is -0.749. The summed E-state index contributed by atoms with van der Waals surface area (Å²) in [4.78, 5) is 38.3. The van der Waals surface area contributed by atoms with Gasteiger partial charge in [0.05, 0.1) is 7.11 Å². The average molecular weight is 452 g/mol. The van der Waals surface area contributed by atoms with Gasteiger partial charge in [-0.05, 0) is 48.1 Å². The second-order valence-corrected chi connectivity index (χ2v) is 7.02. The molecule has 0 radical (unpaired) electrons. The lowest BCUT2D eigenvalue weighted by Crippen LogP contribution is -2.53. The van der Waals surface area contributed by atoms with E-state index in [-0.39, 0.29) is 29.7 Å². The van der Waals surface area contributed by atoms with Crippen LogP contribution >= 0.6 is 12.2 Å². The van der Waals surface area contributed by atoms with E-state index in [4.69, 9.17) is 21.7 Å². The molecule has 3 rings (SSSR count). The minimum absolute atomic E-state index is 0.0344. The van der Waals surface area contributed by atoms with Gasteiger partial charge in [0.25, 0.3) is 17.7 Å². The third kappa shape index (κ3) is 5.38. The Balaban J connectivity index is 1.73. The van der Waals surface area contributed by atoms with Crippen LogP contribution in [0.4, 0.5) is 5.69 Å². The number of nitrogens with zero attached hydrogens (tertiary/aromatic N) is 1. The van der Waals surface area contributed by atoms with Gasteiger partial charge in [0, 0.05) is 12.2 Å². The number of rotatable bonds is 8. The van der Waals surface area contributed by atoms with Crippen molar-refractivity contribution < 1.29 is 23.9 Å². The van der Waals surface area contributed by atoms with Crippen molar-refractivity contribution in [2.45, 2.75) is 0 Å². The first-order chi connectivity index (χ1) is 15.4. The maximum absolute atomic E-state index is 12.7. The minimum atomic E-state index is -0.586. The number of hydrogen-bond acceptors (Lipinski definition) is 6. The Labute approximate surface area is 190 Å². The Bertz CT molecular complexity index is 1100. The maximum Gasteiger partial charge on any atom is 0.265 e. The summed E-state index contributed by atoms with van der Waals surface area (Å²) < 4.78 is 10.9. The number of hydrogen-bond donors (Lipinski definition) is 2. The van der Waals surface area contributed by atoms with Crippen LogP contribution in [-0.2, 0) is 14.4 Å². The van der Waals surface area contributed by atoms with Crippen molar-refractivity contribution in [3.05, 3.63) is 72.3 Å². The molecule has 0 aliphatic carbocycles. The molecule has 0 atom stereocenters. The molecular formula is C23H21N3O5S. The van der Waals surface area contributed by atoms with Crippen molar-refractivity contribution in [2.75, 3.05) is 25.6 Å². The van der Waals surface area contributed by atoms with E-state index in [0.29, 0.717) is 22.7 Å². The highest BCUT2D eigenvalue weighted by Crippen LogP contribution is 2.29. The molecule has 0 unspecified atom stereocenters. The number of carbonyl (C=O) groups excluding carboxylic acids is 3. The van der Waals surface area contributed by atoms with Crippen molar-refractivity contribution >= 4 is 46.8 Å². The first-order valence-electron chi connectivity index (χ1n) is 9.58. The Morgan fingerprint density at radius 1 is 1.19 bits per heavy atom. The molecule has 0 aromatic heterocycles. The Hall–Kier alpha value is -3.98. The molecule has 1 saturated heterocycles. The predicted octanol–water partition coefficient (Wildman–Crippen LogP) is 2.53. The highest BCUT2D eigenvalue weighted by molar-refractivity contribution is 7.80. The van der Waals surface area contributed by atoms with Crippen LogP contribution in [0.5, 0.6) is 11.5 Å². The fourth-order valence-electron chi connectivity index (χ4n) is 2.91. The standard InChI is InChI=1S/C23H21N3O5S/c1-3-11-26-22(29)17(21(28)25-23(26)32)12-15-9-10-18(19(13-15)30-2)31-14-20(27)24-16-7-5-4-6-8-16/h3-10,12-13H,1,11,14H2,2H3,(H,24,27)(H,25,28,32). The SMILES string of the molecule is C=CCN1C(=O)C(=Cc2ccc(OCC(=O)Nc3ccccc3)c(OC)c2)C(=O)NC1=S. The summed E-state index contributed by atoms with van der Waals surface area (Å²) in [5, 5.41) is 5.25. The van der Waals surface area contributed by atoms with E-state index in [9.17, 15) is 14.4 Å². The minimum Gasteiger partial charge on any atom is -0.493 e. The highest BCUT2D eigenvalue weighted by Gasteiger charge is 2.32. The van der Waals surface area contributed by atoms with E-state index in [1.165, 1.54) is 24.2 Å². The first-order valence-corrected chi connectivity index (χ1v) is 9.99. The number of anilines is 1. The van der Waals surface area contributed by atoms with E-state index < -0.39 is 11.8 Å². The van der Waals surface area contributed by atoms with E-state index in [1.54, 1.807) is 30.3 Å². The van der Waals surface area contributed by atoms with Gasteiger partial charge in [-0.15, -0.1) is 6.58 Å². The smallest absolute Gasteiger partial charge is 0.265 e. The number of methoxy groups -OCH3 is 1. The van der Waals surface area contributed by atoms with Gasteiger partial charge in [0.1, 0.15) is 5.57 Å². The lowest BCUT2D eigenvalue weighted by Gasteiger charge is -2.27. The van der Waals surface area contributed by atoms with Crippen molar-refractivity contribution in [3.8, 4) is 11.5 Å². The number of carbonyl (C=O) groups is 3. The summed E-state index contributed by atoms with van der Waals surface area (Å²) in [6, 6.07) is 13.9. The summed E-state index contributed by atoms with van der Waals surface area (Å²) in [7, 11) is 1.45. The number of thiocarbonyl (C=S) groups is 1. The Kier molecular flexibility index (Phi) is 7.35. The fourth-order valence-corrected chi connectivity index (χ4v) is 3.16. The zero-order valence-corrected chi connectivity index (χ0v) is 18.1. The molecule has 1 heterocycles. The van der Waals surface area contributed by atoms with Crippen molar-refractivity contribution in [3.63, 3.8) is 0 Å². The van der Waals surface area contributed by atoms with E-state index in [2.05, 4.69) is 17.2 Å². The number of nitrogens with one attached hydrogen (secondary N) is 2. The van der Waals surface area contributed by atoms with Crippen molar-refractivity contribution in [1.29, 1.82) is 0 Å². The molecule has 8 nitrogen and oxygen atoms in total. The van der Waals surface area contributed by atoms with Gasteiger partial charge in [0.2, 0.25) is 0 Å². The molecule has 0 bridgehead atoms. The molecule has 3 amide bonds. The lowest BCUT2D eigenvalue weighted by molar-refractivity contribution is -0.128. The number of ether oxygens (including phenoxy) is 2. The molecule has 1 aliphatic rings. The number of benzene rings is 2. The first kappa shape index (κ1) is 22.7. The molecule has 164 valence electrons. The van der Waals surface area contributed by atoms with Crippen LogP contribution in [0.15, 0.2) is 66.8 Å². The Morgan fingerprint density at radius 2 is 1.94 bits per heavy atom. The molecule has 32 heavy (non-hydrogen) atoms. The van der Waals surface area contributed by atoms with Crippen molar-refractivity contribution in [2.24, 2.45) is 0 Å². The highest BCUT2D eigenvalue weighted by atomic mass is 32.1. The van der Waals surface area contributed by atoms with Crippen LogP contribution in [0, 0.1) is 0 Å². The average Bonchev–Trinajstić information content (AvgIpc) is 2.79. The predicted molar refractivity (Wildman–Crippen MR) is 124 cm³/mol. The van der Waals surface area contributed by atoms with E-state index in [0.717, 1.165) is 0 Å². The molecule has 9 heteroatoms. The number of amides is 3. The molecule has 2 N–H and O–H groups in total. The number of para-hydroxylation sites is 1. The van der Waals surface area contributed by atoms with Gasteiger partial charge in [0.15, 0.2) is 23.2 Å². The van der Waals surface area contributed by atoms with E-state index in [1.807, 2.05) is 18.2 Å². The summed E-state index contributed by atoms with van der Waals surface area (Å²) in [5.41, 5.74) is 1.13. The van der Waals surface area contributed by atoms with Crippen LogP contribution in [-0.4, -0.2) is 48.0 Å². The van der Waals surface area contributed by atoms with Crippen LogP contribution in [0.2, 0.25) is 0 Å². The van der Waals surface area contributed by atoms with Crippen LogP contribution in [0.3, 0.4) is 0 Å². The monoisotopic (exact) mass is 451 g/mol. The third-order valence-corrected chi connectivity index (χ3v) is 4.73. The second kappa shape index (κ2) is 10.4. The summed E-state index contributed by atoms with van der Waals surface area (Å²) in [6.07, 6.45) is 2.95. The van der Waals surface area contributed by atoms with Gasteiger partial charge >= 0.3 is 0 Å². The molecule has 0 spiro atoms. The fraction of sp³-hybridized carbons (Fsp3) is 0.130. The molecule has 1 fully saturated rings. The summed E-state index contributed by atoms with van der Waals surface area (Å²) in [6.45, 7) is 3.55. The lowest BCUT2D eigenvalue weighted by atomic mass is 10.1. The van der Waals surface area contributed by atoms with Crippen LogP contribution in [0.25, 0.3) is 6.08 Å². The quantitative estimate of drug-likeness (QED) is 0.277. The van der Waals surface area contributed by atoms with Gasteiger partial charge in [-0.3, -0.25) is 24.6 Å². The molecule has 1 aliphatic heterocycles. The zero-order valence-electron chi connectivity index (χ0n) is 17.3. The topological polar surface area (TPSA) is 97.0 Å². The van der Waals surface area contributed by atoms with Gasteiger partial charge < -0.3 is 14.8 Å². The van der Waals surface area contributed by atoms with Crippen LogP contribution < -0.4 is 20.1 Å². The summed E-state index contributed by atoms with van der Waals surface area (Å²) >= 11 is 5.04. The zero-order chi connectivity index (χ0) is 23.1. The Morgan fingerprint density at radius 3 is 2.62 bits per heavy atom. The van der Waals surface area contributed by atoms with E-state index >= 15 is 0 Å². The molecule has 2 aromatic carbocycles. The van der Waals surface area contributed by atoms with Crippen LogP contribution in [0.1, 0.15) is 5.56 Å².